The lowest BCUT2D eigenvalue weighted by Gasteiger charge is -2.20. The molecule has 3 aromatic rings. The topological polar surface area (TPSA) is 58.2 Å². The van der Waals surface area contributed by atoms with Crippen LogP contribution in [0.1, 0.15) is 28.4 Å². The number of carbonyl (C=O) groups is 1. The largest absolute Gasteiger partial charge is 0.372 e. The first kappa shape index (κ1) is 14.9. The Morgan fingerprint density at radius 2 is 2.04 bits per heavy atom. The van der Waals surface area contributed by atoms with Crippen molar-refractivity contribution < 1.29 is 9.53 Å². The van der Waals surface area contributed by atoms with E-state index in [4.69, 9.17) is 4.74 Å². The maximum atomic E-state index is 12.9. The molecule has 1 aliphatic heterocycles. The van der Waals surface area contributed by atoms with Crippen LogP contribution >= 0.6 is 0 Å². The zero-order valence-corrected chi connectivity index (χ0v) is 13.3. The normalized spacial score (nSPS) is 18.5. The van der Waals surface area contributed by atoms with Crippen LogP contribution in [0, 0.1) is 0 Å². The Morgan fingerprint density at radius 1 is 1.17 bits per heavy atom. The molecule has 0 radical (unpaired) electrons. The van der Waals surface area contributed by atoms with Crippen LogP contribution in [0.2, 0.25) is 0 Å². The highest BCUT2D eigenvalue weighted by Crippen LogP contribution is 2.25. The van der Waals surface area contributed by atoms with Gasteiger partial charge in [-0.2, -0.15) is 0 Å². The first-order valence-electron chi connectivity index (χ1n) is 8.20. The minimum absolute atomic E-state index is 0.0185. The van der Waals surface area contributed by atoms with Gasteiger partial charge in [0.15, 0.2) is 0 Å². The fraction of sp³-hybridized carbons (Fsp3) is 0.263. The Morgan fingerprint density at radius 3 is 2.92 bits per heavy atom. The number of carbonyl (C=O) groups excluding carboxylic acids is 1. The smallest absolute Gasteiger partial charge is 0.256 e. The molecule has 4 rings (SSSR count). The minimum atomic E-state index is 0.0185. The first-order chi connectivity index (χ1) is 11.8. The zero-order chi connectivity index (χ0) is 16.4. The Labute approximate surface area is 140 Å². The van der Waals surface area contributed by atoms with E-state index in [-0.39, 0.29) is 12.0 Å². The molecule has 1 unspecified atom stereocenters. The summed E-state index contributed by atoms with van der Waals surface area (Å²) < 4.78 is 5.96. The van der Waals surface area contributed by atoms with E-state index in [0.29, 0.717) is 25.3 Å². The van der Waals surface area contributed by atoms with Crippen LogP contribution in [0.25, 0.3) is 10.9 Å². The molecule has 0 bridgehead atoms. The highest BCUT2D eigenvalue weighted by atomic mass is 16.5. The molecule has 1 amide bonds. The van der Waals surface area contributed by atoms with Gasteiger partial charge in [-0.25, -0.2) is 0 Å². The molecule has 122 valence electrons. The number of aromatic amines is 1. The van der Waals surface area contributed by atoms with Gasteiger partial charge in [-0.05, 0) is 18.1 Å². The van der Waals surface area contributed by atoms with Crippen LogP contribution < -0.4 is 0 Å². The van der Waals surface area contributed by atoms with Crippen molar-refractivity contribution in [3.8, 4) is 0 Å². The maximum absolute atomic E-state index is 12.9. The molecule has 0 saturated carbocycles. The molecule has 1 aromatic carbocycles. The lowest BCUT2D eigenvalue weighted by Crippen LogP contribution is -2.33. The predicted octanol–water partition coefficient (Wildman–Crippen LogP) is 3.17. The number of H-pyrrole nitrogens is 1. The predicted molar refractivity (Wildman–Crippen MR) is 91.7 cm³/mol. The molecule has 24 heavy (non-hydrogen) atoms. The second kappa shape index (κ2) is 6.45. The monoisotopic (exact) mass is 321 g/mol. The van der Waals surface area contributed by atoms with Gasteiger partial charge < -0.3 is 14.6 Å². The Kier molecular flexibility index (Phi) is 4.01. The van der Waals surface area contributed by atoms with Crippen molar-refractivity contribution in [2.24, 2.45) is 0 Å². The number of benzene rings is 1. The third-order valence-electron chi connectivity index (χ3n) is 4.51. The molecule has 1 N–H and O–H groups in total. The van der Waals surface area contributed by atoms with E-state index in [1.54, 1.807) is 12.4 Å². The molecule has 1 aliphatic rings. The van der Waals surface area contributed by atoms with Crippen LogP contribution in [0.4, 0.5) is 0 Å². The molecule has 1 saturated heterocycles. The van der Waals surface area contributed by atoms with Crippen LogP contribution in [-0.4, -0.2) is 40.5 Å². The highest BCUT2D eigenvalue weighted by Gasteiger charge is 2.24. The second-order valence-corrected chi connectivity index (χ2v) is 5.98. The van der Waals surface area contributed by atoms with Gasteiger partial charge in [0.2, 0.25) is 0 Å². The van der Waals surface area contributed by atoms with Crippen LogP contribution in [-0.2, 0) is 4.74 Å². The number of fused-ring (bicyclic) bond motifs is 1. The molecular formula is C19H19N3O2. The summed E-state index contributed by atoms with van der Waals surface area (Å²) in [5, 5.41) is 0.916. The molecule has 1 atom stereocenters. The number of nitrogens with one attached hydrogen (secondary N) is 1. The number of aromatic nitrogens is 2. The third-order valence-corrected chi connectivity index (χ3v) is 4.51. The van der Waals surface area contributed by atoms with Crippen LogP contribution in [0.5, 0.6) is 0 Å². The van der Waals surface area contributed by atoms with Crippen LogP contribution in [0.15, 0.2) is 55.0 Å². The van der Waals surface area contributed by atoms with E-state index >= 15 is 0 Å². The SMILES string of the molecule is O=C(c1cncc2[nH]ccc12)N1CCOC(c2ccccc2)CC1. The first-order valence-corrected chi connectivity index (χ1v) is 8.20. The standard InChI is InChI=1S/C19H19N3O2/c23-19(16-12-20-13-17-15(16)6-8-21-17)22-9-7-18(24-11-10-22)14-4-2-1-3-5-14/h1-6,8,12-13,18,21H,7,9-11H2. The summed E-state index contributed by atoms with van der Waals surface area (Å²) in [7, 11) is 0. The molecule has 0 aliphatic carbocycles. The lowest BCUT2D eigenvalue weighted by molar-refractivity contribution is 0.0585. The fourth-order valence-corrected chi connectivity index (χ4v) is 3.23. The van der Waals surface area contributed by atoms with E-state index < -0.39 is 0 Å². The minimum Gasteiger partial charge on any atom is -0.372 e. The molecule has 3 heterocycles. The Balaban J connectivity index is 1.53. The van der Waals surface area contributed by atoms with Gasteiger partial charge in [-0.15, -0.1) is 0 Å². The molecule has 1 fully saturated rings. The van der Waals surface area contributed by atoms with Crippen molar-refractivity contribution in [2.45, 2.75) is 12.5 Å². The van der Waals surface area contributed by atoms with Gasteiger partial charge in [0.25, 0.3) is 5.91 Å². The summed E-state index contributed by atoms with van der Waals surface area (Å²) in [4.78, 5) is 22.1. The van der Waals surface area contributed by atoms with Crippen molar-refractivity contribution in [1.29, 1.82) is 0 Å². The van der Waals surface area contributed by atoms with E-state index in [1.807, 2.05) is 35.4 Å². The molecule has 2 aromatic heterocycles. The maximum Gasteiger partial charge on any atom is 0.256 e. The average Bonchev–Trinajstić information content (AvgIpc) is 2.98. The summed E-state index contributed by atoms with van der Waals surface area (Å²) in [6.45, 7) is 1.82. The van der Waals surface area contributed by atoms with E-state index in [9.17, 15) is 4.79 Å². The number of nitrogens with zero attached hydrogens (tertiary/aromatic N) is 2. The van der Waals surface area contributed by atoms with Crippen molar-refractivity contribution in [3.05, 3.63) is 66.1 Å². The van der Waals surface area contributed by atoms with E-state index in [2.05, 4.69) is 22.1 Å². The molecule has 5 heteroatoms. The number of hydrogen-bond acceptors (Lipinski definition) is 3. The summed E-state index contributed by atoms with van der Waals surface area (Å²) >= 11 is 0. The van der Waals surface area contributed by atoms with Gasteiger partial charge in [0.1, 0.15) is 0 Å². The molecule has 0 spiro atoms. The summed E-state index contributed by atoms with van der Waals surface area (Å²) in [6.07, 6.45) is 6.07. The number of amides is 1. The summed E-state index contributed by atoms with van der Waals surface area (Å²) in [6, 6.07) is 12.1. The van der Waals surface area contributed by atoms with Crippen molar-refractivity contribution in [3.63, 3.8) is 0 Å². The Bertz CT molecular complexity index is 844. The number of ether oxygens (including phenoxy) is 1. The fourth-order valence-electron chi connectivity index (χ4n) is 3.23. The van der Waals surface area contributed by atoms with Crippen molar-refractivity contribution >= 4 is 16.8 Å². The second-order valence-electron chi connectivity index (χ2n) is 5.98. The lowest BCUT2D eigenvalue weighted by atomic mass is 10.1. The van der Waals surface area contributed by atoms with Gasteiger partial charge in [-0.1, -0.05) is 30.3 Å². The summed E-state index contributed by atoms with van der Waals surface area (Å²) in [5.74, 6) is 0.0185. The number of pyridine rings is 1. The van der Waals surface area contributed by atoms with Gasteiger partial charge >= 0.3 is 0 Å². The highest BCUT2D eigenvalue weighted by molar-refractivity contribution is 6.05. The van der Waals surface area contributed by atoms with Crippen molar-refractivity contribution in [1.82, 2.24) is 14.9 Å². The number of rotatable bonds is 2. The zero-order valence-electron chi connectivity index (χ0n) is 13.3. The van der Waals surface area contributed by atoms with Gasteiger partial charge in [-0.3, -0.25) is 9.78 Å². The van der Waals surface area contributed by atoms with Crippen LogP contribution in [0.3, 0.4) is 0 Å². The number of hydrogen-bond donors (Lipinski definition) is 1. The molecular weight excluding hydrogens is 302 g/mol. The quantitative estimate of drug-likeness (QED) is 0.789. The molecule has 5 nitrogen and oxygen atoms in total. The summed E-state index contributed by atoms with van der Waals surface area (Å²) in [5.41, 5.74) is 2.70. The van der Waals surface area contributed by atoms with Gasteiger partial charge in [0.05, 0.1) is 30.0 Å². The van der Waals surface area contributed by atoms with E-state index in [0.717, 1.165) is 17.3 Å². The van der Waals surface area contributed by atoms with Crippen molar-refractivity contribution in [2.75, 3.05) is 19.7 Å². The third kappa shape index (κ3) is 2.78. The van der Waals surface area contributed by atoms with E-state index in [1.165, 1.54) is 5.56 Å². The average molecular weight is 321 g/mol. The Hall–Kier alpha value is -2.66. The van der Waals surface area contributed by atoms with Gasteiger partial charge in [0, 0.05) is 30.9 Å².